The van der Waals surface area contributed by atoms with E-state index in [9.17, 15) is 14.4 Å². The summed E-state index contributed by atoms with van der Waals surface area (Å²) in [6.45, 7) is 10.4. The molecule has 0 spiro atoms. The van der Waals surface area contributed by atoms with E-state index >= 15 is 0 Å². The normalized spacial score (nSPS) is 25.5. The topological polar surface area (TPSA) is 139 Å². The lowest BCUT2D eigenvalue weighted by Crippen LogP contribution is -2.54. The maximum Gasteiger partial charge on any atom is 0.440 e. The number of aromatic amines is 1. The highest BCUT2D eigenvalue weighted by atomic mass is 16.6. The Morgan fingerprint density at radius 3 is 2.33 bits per heavy atom. The number of anilines is 1. The van der Waals surface area contributed by atoms with Gasteiger partial charge in [-0.3, -0.25) is 24.1 Å². The van der Waals surface area contributed by atoms with Gasteiger partial charge in [0, 0.05) is 65.4 Å². The molecule has 2 unspecified atom stereocenters. The molecule has 3 fully saturated rings. The van der Waals surface area contributed by atoms with Crippen LogP contribution in [0.1, 0.15) is 19.8 Å². The van der Waals surface area contributed by atoms with E-state index in [4.69, 9.17) is 9.84 Å². The van der Waals surface area contributed by atoms with Crippen molar-refractivity contribution in [2.45, 2.75) is 32.0 Å². The van der Waals surface area contributed by atoms with Crippen LogP contribution in [0.3, 0.4) is 0 Å². The Bertz CT molecular complexity index is 859. The Balaban J connectivity index is 1.17. The largest absolute Gasteiger partial charge is 0.481 e. The number of cyclic esters (lactones) is 1. The van der Waals surface area contributed by atoms with Gasteiger partial charge in [-0.1, -0.05) is 0 Å². The van der Waals surface area contributed by atoms with E-state index in [2.05, 4.69) is 29.4 Å². The maximum absolute atomic E-state index is 12.5. The Labute approximate surface area is 191 Å². The van der Waals surface area contributed by atoms with Gasteiger partial charge in [-0.2, -0.15) is 0 Å². The molecule has 4 heterocycles. The highest BCUT2D eigenvalue weighted by Crippen LogP contribution is 2.24. The monoisotopic (exact) mass is 467 g/mol. The van der Waals surface area contributed by atoms with Gasteiger partial charge in [0.05, 0.1) is 12.5 Å². The molecule has 3 aliphatic rings. The van der Waals surface area contributed by atoms with Crippen molar-refractivity contribution >= 4 is 18.0 Å². The van der Waals surface area contributed by atoms with Crippen LogP contribution in [-0.2, 0) is 9.53 Å². The summed E-state index contributed by atoms with van der Waals surface area (Å²) < 4.78 is 10.3. The first kappa shape index (κ1) is 23.5. The third-order valence-electron chi connectivity index (χ3n) is 6.74. The van der Waals surface area contributed by atoms with Crippen LogP contribution in [0, 0.1) is 0 Å². The van der Waals surface area contributed by atoms with Crippen LogP contribution >= 0.6 is 0 Å². The van der Waals surface area contributed by atoms with Crippen LogP contribution < -0.4 is 10.7 Å². The van der Waals surface area contributed by atoms with Crippen LogP contribution in [0.15, 0.2) is 9.32 Å². The van der Waals surface area contributed by atoms with E-state index in [-0.39, 0.29) is 24.8 Å². The van der Waals surface area contributed by atoms with Crippen molar-refractivity contribution in [3.05, 3.63) is 10.6 Å². The van der Waals surface area contributed by atoms with Gasteiger partial charge in [0.2, 0.25) is 5.95 Å². The van der Waals surface area contributed by atoms with Crippen molar-refractivity contribution in [2.75, 3.05) is 76.9 Å². The van der Waals surface area contributed by atoms with Gasteiger partial charge in [0.25, 0.3) is 0 Å². The molecule has 0 saturated carbocycles. The molecule has 3 aliphatic heterocycles. The average Bonchev–Trinajstić information content (AvgIpc) is 3.36. The number of nitrogens with one attached hydrogen (secondary N) is 1. The molecule has 13 heteroatoms. The minimum absolute atomic E-state index is 0.0242. The van der Waals surface area contributed by atoms with Crippen molar-refractivity contribution in [1.82, 2.24) is 29.7 Å². The van der Waals surface area contributed by atoms with E-state index in [0.29, 0.717) is 19.0 Å². The molecule has 0 bridgehead atoms. The maximum atomic E-state index is 12.5. The van der Waals surface area contributed by atoms with E-state index in [1.807, 2.05) is 16.7 Å². The Morgan fingerprint density at radius 2 is 1.70 bits per heavy atom. The van der Waals surface area contributed by atoms with Crippen molar-refractivity contribution in [3.8, 4) is 0 Å². The SMILES string of the molecule is CC1C(N2CCN(CCC(=O)O)CC2)OC(=O)N1CCCN1CCN(c2noc(=O)[nH]2)CC1. The van der Waals surface area contributed by atoms with Gasteiger partial charge in [-0.25, -0.2) is 9.59 Å². The fourth-order valence-electron chi connectivity index (χ4n) is 4.77. The van der Waals surface area contributed by atoms with E-state index < -0.39 is 11.7 Å². The standard InChI is InChI=1S/C20H33N7O6/c1-15-17(25-11-7-24(8-12-25)6-3-16(28)29)32-20(31)27(15)5-2-4-23-9-13-26(14-10-23)18-21-19(30)33-22-18/h15,17H,2-14H2,1H3,(H,28,29)(H,21,22,30). The fraction of sp³-hybridized carbons (Fsp3) is 0.800. The predicted molar refractivity (Wildman–Crippen MR) is 117 cm³/mol. The van der Waals surface area contributed by atoms with Crippen molar-refractivity contribution in [1.29, 1.82) is 0 Å². The van der Waals surface area contributed by atoms with Crippen molar-refractivity contribution < 1.29 is 24.0 Å². The summed E-state index contributed by atoms with van der Waals surface area (Å²) in [5.74, 6) is -0.848. The number of aliphatic carboxylic acids is 1. The van der Waals surface area contributed by atoms with Crippen LogP contribution in [0.25, 0.3) is 0 Å². The molecule has 0 aromatic carbocycles. The summed E-state index contributed by atoms with van der Waals surface area (Å²) >= 11 is 0. The number of amides is 1. The van der Waals surface area contributed by atoms with Crippen molar-refractivity contribution in [2.24, 2.45) is 0 Å². The molecular formula is C20H33N7O6. The summed E-state index contributed by atoms with van der Waals surface area (Å²) in [6, 6.07) is -0.0242. The summed E-state index contributed by atoms with van der Waals surface area (Å²) in [4.78, 5) is 47.4. The quantitative estimate of drug-likeness (QED) is 0.469. The fourth-order valence-corrected chi connectivity index (χ4v) is 4.77. The van der Waals surface area contributed by atoms with Crippen LogP contribution in [0.4, 0.5) is 10.7 Å². The number of hydrogen-bond donors (Lipinski definition) is 2. The molecule has 0 radical (unpaired) electrons. The van der Waals surface area contributed by atoms with Gasteiger partial charge in [-0.15, -0.1) is 0 Å². The first-order valence-electron chi connectivity index (χ1n) is 11.6. The van der Waals surface area contributed by atoms with Gasteiger partial charge >= 0.3 is 17.8 Å². The first-order chi connectivity index (χ1) is 15.9. The van der Waals surface area contributed by atoms with Gasteiger partial charge in [0.15, 0.2) is 6.23 Å². The number of piperazine rings is 2. The highest BCUT2D eigenvalue weighted by molar-refractivity contribution is 5.70. The molecular weight excluding hydrogens is 434 g/mol. The number of H-pyrrole nitrogens is 1. The molecule has 1 aromatic rings. The van der Waals surface area contributed by atoms with E-state index in [0.717, 1.165) is 65.3 Å². The number of rotatable bonds is 9. The number of carbonyl (C=O) groups excluding carboxylic acids is 1. The Kier molecular flexibility index (Phi) is 7.50. The van der Waals surface area contributed by atoms with Crippen molar-refractivity contribution in [3.63, 3.8) is 0 Å². The molecule has 184 valence electrons. The lowest BCUT2D eigenvalue weighted by atomic mass is 10.2. The molecule has 1 amide bonds. The smallest absolute Gasteiger partial charge is 0.440 e. The Morgan fingerprint density at radius 1 is 1.03 bits per heavy atom. The average molecular weight is 468 g/mol. The number of nitrogens with zero attached hydrogens (tertiary/aromatic N) is 6. The highest BCUT2D eigenvalue weighted by Gasteiger charge is 2.42. The second-order valence-electron chi connectivity index (χ2n) is 8.83. The molecule has 33 heavy (non-hydrogen) atoms. The minimum atomic E-state index is -0.778. The number of carboxylic acids is 1. The third kappa shape index (κ3) is 5.84. The second kappa shape index (κ2) is 10.5. The van der Waals surface area contributed by atoms with Gasteiger partial charge in [-0.05, 0) is 25.0 Å². The van der Waals surface area contributed by atoms with Gasteiger partial charge in [0.1, 0.15) is 0 Å². The third-order valence-corrected chi connectivity index (χ3v) is 6.74. The minimum Gasteiger partial charge on any atom is -0.481 e. The summed E-state index contributed by atoms with van der Waals surface area (Å²) in [5, 5.41) is 12.6. The number of carboxylic acid groups (broad SMARTS) is 1. The number of carbonyl (C=O) groups is 2. The van der Waals surface area contributed by atoms with Crippen LogP contribution in [0.5, 0.6) is 0 Å². The van der Waals surface area contributed by atoms with E-state index in [1.54, 1.807) is 0 Å². The Hall–Kier alpha value is -2.64. The zero-order valence-corrected chi connectivity index (χ0v) is 19.0. The molecule has 4 rings (SSSR count). The molecule has 2 atom stereocenters. The molecule has 13 nitrogen and oxygen atoms in total. The van der Waals surface area contributed by atoms with Crippen LogP contribution in [-0.4, -0.2) is 131 Å². The van der Waals surface area contributed by atoms with Crippen LogP contribution in [0.2, 0.25) is 0 Å². The number of hydrogen-bond acceptors (Lipinski definition) is 10. The first-order valence-corrected chi connectivity index (χ1v) is 11.6. The lowest BCUT2D eigenvalue weighted by Gasteiger charge is -2.38. The molecule has 3 saturated heterocycles. The molecule has 2 N–H and O–H groups in total. The van der Waals surface area contributed by atoms with Gasteiger partial charge < -0.3 is 24.5 Å². The second-order valence-corrected chi connectivity index (χ2v) is 8.83. The summed E-state index contributed by atoms with van der Waals surface area (Å²) in [5.41, 5.74) is 0. The molecule has 0 aliphatic carbocycles. The predicted octanol–water partition coefficient (Wildman–Crippen LogP) is -0.866. The number of ether oxygens (including phenoxy) is 1. The number of aromatic nitrogens is 2. The van der Waals surface area contributed by atoms with E-state index in [1.165, 1.54) is 0 Å². The summed E-state index contributed by atoms with van der Waals surface area (Å²) in [7, 11) is 0. The lowest BCUT2D eigenvalue weighted by molar-refractivity contribution is -0.137. The summed E-state index contributed by atoms with van der Waals surface area (Å²) in [6.07, 6.45) is 0.487. The molecule has 1 aromatic heterocycles. The zero-order valence-electron chi connectivity index (χ0n) is 19.0. The zero-order chi connectivity index (χ0) is 23.4.